The number of hydrogen-bond acceptors (Lipinski definition) is 7. The molecule has 0 unspecified atom stereocenters. The minimum atomic E-state index is -1.12. The number of thiol groups is 1. The number of carboxylic acids is 1. The molecule has 188 valence electrons. The molecule has 11 heteroatoms. The third-order valence-electron chi connectivity index (χ3n) is 5.82. The first kappa shape index (κ1) is 28.0. The first-order valence-electron chi connectivity index (χ1n) is 11.2. The molecular weight excluding hydrogens is 476 g/mol. The molecule has 0 saturated carbocycles. The summed E-state index contributed by atoms with van der Waals surface area (Å²) in [6.07, 6.45) is 2.38. The molecule has 3 amide bonds. The van der Waals surface area contributed by atoms with Crippen LogP contribution >= 0.6 is 24.4 Å². The zero-order valence-corrected chi connectivity index (χ0v) is 21.4. The predicted molar refractivity (Wildman–Crippen MR) is 136 cm³/mol. The standard InChI is InChI=1S/C23H34N4O5S2/c1-13(2)19(26-20(28)16(24)12-33)22(30)27-11-15-7-5-4-6-14(15)10-18(27)21(29)25-17(23(31)32)8-9-34-3/h4-7,13,16-19,33H,8-12,24H2,1-3H3,(H,25,29)(H,26,28)(H,31,32)/t16-,17+,18-,19+/m1/s1. The van der Waals surface area contributed by atoms with E-state index >= 15 is 0 Å². The molecule has 1 aromatic carbocycles. The van der Waals surface area contributed by atoms with Gasteiger partial charge in [-0.3, -0.25) is 14.4 Å². The molecule has 2 rings (SSSR count). The van der Waals surface area contributed by atoms with Gasteiger partial charge in [0.05, 0.1) is 6.04 Å². The number of aliphatic carboxylic acids is 1. The highest BCUT2D eigenvalue weighted by molar-refractivity contribution is 7.98. The van der Waals surface area contributed by atoms with Crippen molar-refractivity contribution in [1.29, 1.82) is 0 Å². The van der Waals surface area contributed by atoms with E-state index in [1.54, 1.807) is 13.8 Å². The molecule has 0 spiro atoms. The van der Waals surface area contributed by atoms with Crippen LogP contribution in [0.5, 0.6) is 0 Å². The lowest BCUT2D eigenvalue weighted by atomic mass is 9.91. The van der Waals surface area contributed by atoms with Gasteiger partial charge in [-0.25, -0.2) is 4.79 Å². The van der Waals surface area contributed by atoms with Gasteiger partial charge in [-0.15, -0.1) is 0 Å². The van der Waals surface area contributed by atoms with Crippen molar-refractivity contribution < 1.29 is 24.3 Å². The molecule has 9 nitrogen and oxygen atoms in total. The van der Waals surface area contributed by atoms with Crippen molar-refractivity contribution in [3.05, 3.63) is 35.4 Å². The van der Waals surface area contributed by atoms with E-state index in [1.165, 1.54) is 16.7 Å². The van der Waals surface area contributed by atoms with Gasteiger partial charge in [0.25, 0.3) is 0 Å². The number of carboxylic acid groups (broad SMARTS) is 1. The second-order valence-corrected chi connectivity index (χ2v) is 10.0. The third kappa shape index (κ3) is 7.13. The SMILES string of the molecule is CSCC[C@H](NC(=O)[C@H]1Cc2ccccc2CN1C(=O)[C@@H](NC(=O)[C@H](N)CS)C(C)C)C(=O)O. The number of thioether (sulfide) groups is 1. The summed E-state index contributed by atoms with van der Waals surface area (Å²) in [6.45, 7) is 3.77. The lowest BCUT2D eigenvalue weighted by Crippen LogP contribution is -2.61. The van der Waals surface area contributed by atoms with Crippen LogP contribution in [0.2, 0.25) is 0 Å². The summed E-state index contributed by atoms with van der Waals surface area (Å²) in [5, 5.41) is 14.9. The molecule has 0 aliphatic carbocycles. The normalized spacial score (nSPS) is 17.9. The van der Waals surface area contributed by atoms with E-state index in [-0.39, 0.29) is 31.1 Å². The summed E-state index contributed by atoms with van der Waals surface area (Å²) in [4.78, 5) is 52.5. The Balaban J connectivity index is 2.34. The molecule has 1 aliphatic rings. The van der Waals surface area contributed by atoms with E-state index in [0.29, 0.717) is 5.75 Å². The fourth-order valence-corrected chi connectivity index (χ4v) is 4.42. The number of nitrogens with one attached hydrogen (secondary N) is 2. The van der Waals surface area contributed by atoms with Crippen molar-refractivity contribution in [3.63, 3.8) is 0 Å². The number of carbonyl (C=O) groups excluding carboxylic acids is 3. The monoisotopic (exact) mass is 510 g/mol. The number of nitrogens with zero attached hydrogens (tertiary/aromatic N) is 1. The maximum Gasteiger partial charge on any atom is 0.326 e. The number of carbonyl (C=O) groups is 4. The molecule has 4 atom stereocenters. The van der Waals surface area contributed by atoms with Gasteiger partial charge < -0.3 is 26.4 Å². The highest BCUT2D eigenvalue weighted by Gasteiger charge is 2.40. The molecule has 0 fully saturated rings. The van der Waals surface area contributed by atoms with E-state index in [2.05, 4.69) is 23.3 Å². The summed E-state index contributed by atoms with van der Waals surface area (Å²) >= 11 is 5.53. The number of fused-ring (bicyclic) bond motifs is 1. The van der Waals surface area contributed by atoms with Crippen LogP contribution in [0.1, 0.15) is 31.4 Å². The van der Waals surface area contributed by atoms with Gasteiger partial charge >= 0.3 is 5.97 Å². The van der Waals surface area contributed by atoms with Crippen molar-refractivity contribution >= 4 is 48.1 Å². The molecule has 0 saturated heterocycles. The minimum absolute atomic E-state index is 0.125. The van der Waals surface area contributed by atoms with Crippen molar-refractivity contribution in [2.45, 2.75) is 57.4 Å². The van der Waals surface area contributed by atoms with Crippen molar-refractivity contribution in [2.75, 3.05) is 17.8 Å². The summed E-state index contributed by atoms with van der Waals surface area (Å²) < 4.78 is 0. The van der Waals surface area contributed by atoms with Crippen molar-refractivity contribution in [3.8, 4) is 0 Å². The van der Waals surface area contributed by atoms with Gasteiger partial charge in [0.1, 0.15) is 18.1 Å². The topological polar surface area (TPSA) is 142 Å². The van der Waals surface area contributed by atoms with Crippen LogP contribution in [0.4, 0.5) is 0 Å². The molecule has 1 aliphatic heterocycles. The maximum absolute atomic E-state index is 13.7. The summed E-state index contributed by atoms with van der Waals surface area (Å²) in [5.41, 5.74) is 7.59. The zero-order chi connectivity index (χ0) is 25.4. The quantitative estimate of drug-likeness (QED) is 0.275. The Bertz CT molecular complexity index is 898. The molecule has 1 heterocycles. The Kier molecular flexibility index (Phi) is 10.7. The fraction of sp³-hybridized carbons (Fsp3) is 0.565. The number of amides is 3. The van der Waals surface area contributed by atoms with E-state index in [9.17, 15) is 24.3 Å². The minimum Gasteiger partial charge on any atom is -0.480 e. The maximum atomic E-state index is 13.7. The van der Waals surface area contributed by atoms with Gasteiger partial charge in [-0.1, -0.05) is 38.1 Å². The molecule has 34 heavy (non-hydrogen) atoms. The Hall–Kier alpha value is -2.24. The highest BCUT2D eigenvalue weighted by Crippen LogP contribution is 2.25. The van der Waals surface area contributed by atoms with Gasteiger partial charge in [-0.05, 0) is 35.5 Å². The Morgan fingerprint density at radius 2 is 1.85 bits per heavy atom. The summed E-state index contributed by atoms with van der Waals surface area (Å²) in [6, 6.07) is 3.78. The van der Waals surface area contributed by atoms with Crippen LogP contribution in [0.3, 0.4) is 0 Å². The van der Waals surface area contributed by atoms with Gasteiger partial charge in [0, 0.05) is 18.7 Å². The molecular formula is C23H34N4O5S2. The molecule has 0 bridgehead atoms. The predicted octanol–water partition coefficient (Wildman–Crippen LogP) is 0.660. The first-order chi connectivity index (χ1) is 16.1. The summed E-state index contributed by atoms with van der Waals surface area (Å²) in [7, 11) is 0. The zero-order valence-electron chi connectivity index (χ0n) is 19.7. The smallest absolute Gasteiger partial charge is 0.326 e. The average molecular weight is 511 g/mol. The largest absolute Gasteiger partial charge is 0.480 e. The number of rotatable bonds is 11. The Morgan fingerprint density at radius 1 is 1.21 bits per heavy atom. The third-order valence-corrected chi connectivity index (χ3v) is 6.86. The van der Waals surface area contributed by atoms with Crippen LogP contribution in [0.25, 0.3) is 0 Å². The second kappa shape index (κ2) is 13.0. The fourth-order valence-electron chi connectivity index (χ4n) is 3.79. The van der Waals surface area contributed by atoms with Gasteiger partial charge in [0.2, 0.25) is 17.7 Å². The lowest BCUT2D eigenvalue weighted by Gasteiger charge is -2.39. The second-order valence-electron chi connectivity index (χ2n) is 8.66. The Morgan fingerprint density at radius 3 is 2.41 bits per heavy atom. The van der Waals surface area contributed by atoms with Crippen LogP contribution < -0.4 is 16.4 Å². The first-order valence-corrected chi connectivity index (χ1v) is 13.2. The average Bonchev–Trinajstić information content (AvgIpc) is 2.82. The highest BCUT2D eigenvalue weighted by atomic mass is 32.2. The lowest BCUT2D eigenvalue weighted by molar-refractivity contribution is -0.147. The molecule has 0 aromatic heterocycles. The number of nitrogens with two attached hydrogens (primary N) is 1. The van der Waals surface area contributed by atoms with E-state index < -0.39 is 47.9 Å². The van der Waals surface area contributed by atoms with Gasteiger partial charge in [0.15, 0.2) is 0 Å². The van der Waals surface area contributed by atoms with E-state index in [1.807, 2.05) is 30.5 Å². The number of benzene rings is 1. The van der Waals surface area contributed by atoms with Crippen LogP contribution in [0, 0.1) is 5.92 Å². The van der Waals surface area contributed by atoms with Crippen LogP contribution in [-0.4, -0.2) is 75.6 Å². The Labute approximate surface area is 210 Å². The van der Waals surface area contributed by atoms with Crippen molar-refractivity contribution in [1.82, 2.24) is 15.5 Å². The van der Waals surface area contributed by atoms with Crippen LogP contribution in [0.15, 0.2) is 24.3 Å². The molecule has 0 radical (unpaired) electrons. The molecule has 5 N–H and O–H groups in total. The summed E-state index contributed by atoms with van der Waals surface area (Å²) in [5.74, 6) is -2.14. The van der Waals surface area contributed by atoms with E-state index in [4.69, 9.17) is 5.73 Å². The molecule has 1 aromatic rings. The van der Waals surface area contributed by atoms with E-state index in [0.717, 1.165) is 11.1 Å². The van der Waals surface area contributed by atoms with Gasteiger partial charge in [-0.2, -0.15) is 24.4 Å². The number of hydrogen-bond donors (Lipinski definition) is 5. The van der Waals surface area contributed by atoms with Crippen molar-refractivity contribution in [2.24, 2.45) is 11.7 Å². The van der Waals surface area contributed by atoms with Crippen LogP contribution in [-0.2, 0) is 32.1 Å².